The second-order valence-corrected chi connectivity index (χ2v) is 39.9. The molecule has 1 heterocycles. The maximum atomic E-state index is 9.39. The van der Waals surface area contributed by atoms with Gasteiger partial charge in [0.05, 0.1) is 0 Å². The monoisotopic (exact) mass is 891 g/mol. The molecule has 0 spiro atoms. The van der Waals surface area contributed by atoms with Crippen LogP contribution in [0.15, 0.2) is 126 Å². The first kappa shape index (κ1) is 39.9. The molecule has 9 rings (SSSR count). The average Bonchev–Trinajstić information content (AvgIpc) is 3.93. The predicted molar refractivity (Wildman–Crippen MR) is 254 cm³/mol. The summed E-state index contributed by atoms with van der Waals surface area (Å²) in [5.74, 6) is 0. The van der Waals surface area contributed by atoms with Crippen LogP contribution in [0, 0.1) is 27.7 Å². The Hall–Kier alpha value is -3.52. The van der Waals surface area contributed by atoms with Gasteiger partial charge in [-0.25, -0.2) is 0 Å². The van der Waals surface area contributed by atoms with Gasteiger partial charge in [-0.3, -0.25) is 0 Å². The number of hydrogen-bond donors (Lipinski definition) is 0. The number of allylic oxidation sites excluding steroid dienone is 2. The summed E-state index contributed by atoms with van der Waals surface area (Å²) >= 11 is -5.61. The van der Waals surface area contributed by atoms with Gasteiger partial charge in [-0.2, -0.15) is 0 Å². The third kappa shape index (κ3) is 6.22. The summed E-state index contributed by atoms with van der Waals surface area (Å²) in [6.07, 6.45) is 11.6. The van der Waals surface area contributed by atoms with Crippen LogP contribution < -0.4 is 13.6 Å². The van der Waals surface area contributed by atoms with Crippen molar-refractivity contribution < 1.29 is 16.4 Å². The molecule has 0 bridgehead atoms. The van der Waals surface area contributed by atoms with E-state index >= 15 is 0 Å². The second kappa shape index (κ2) is 15.5. The molecule has 0 saturated carbocycles. The van der Waals surface area contributed by atoms with Crippen molar-refractivity contribution >= 4 is 52.3 Å². The molecule has 0 radical (unpaired) electrons. The standard InChI is InChI=1S/2C21H23.C12H9Si.2ClH.Zr/c2*1-4-5-9-17-13-18-10-7-12-20(21(18)14-17)19-11-6-8-15(2)16(19)3;1-3-7-11-9(5-1)10-6-2-4-8-12(10)13-11;;;/h2*6-8,10-14H,4-5,9H2,1-3H3;1-7H,13H2;2*1H;/q;;;;;+2/p-2. The van der Waals surface area contributed by atoms with E-state index in [1.54, 1.807) is 0 Å². The average molecular weight is 894 g/mol. The Morgan fingerprint density at radius 3 is 1.48 bits per heavy atom. The van der Waals surface area contributed by atoms with Crippen molar-refractivity contribution in [1.29, 1.82) is 0 Å². The van der Waals surface area contributed by atoms with Gasteiger partial charge in [-0.05, 0) is 0 Å². The summed E-state index contributed by atoms with van der Waals surface area (Å²) < 4.78 is 1.19. The zero-order valence-corrected chi connectivity index (χ0v) is 40.4. The molecule has 2 aliphatic carbocycles. The van der Waals surface area contributed by atoms with Gasteiger partial charge in [-0.15, -0.1) is 0 Å². The number of fused-ring (bicyclic) bond motifs is 5. The summed E-state index contributed by atoms with van der Waals surface area (Å²) in [4.78, 5) is 0. The number of unbranched alkanes of at least 4 members (excludes halogenated alkanes) is 2. The van der Waals surface area contributed by atoms with E-state index in [1.807, 2.05) is 0 Å². The van der Waals surface area contributed by atoms with Gasteiger partial charge < -0.3 is 0 Å². The Morgan fingerprint density at radius 1 is 0.500 bits per heavy atom. The summed E-state index contributed by atoms with van der Waals surface area (Å²) in [7, 11) is 17.9. The minimum absolute atomic E-state index is 0.0639. The molecule has 0 amide bonds. The first-order valence-electron chi connectivity index (χ1n) is 21.6. The molecule has 1 aliphatic heterocycles. The van der Waals surface area contributed by atoms with E-state index in [9.17, 15) is 17.0 Å². The number of halogens is 2. The normalized spacial score (nSPS) is 17.6. The summed E-state index contributed by atoms with van der Waals surface area (Å²) in [6.45, 7) is 13.6. The molecular weight excluding hydrogens is 839 g/mol. The van der Waals surface area contributed by atoms with Crippen LogP contribution >= 0.6 is 17.0 Å². The zero-order chi connectivity index (χ0) is 40.4. The quantitative estimate of drug-likeness (QED) is 0.114. The van der Waals surface area contributed by atoms with Crippen molar-refractivity contribution in [2.75, 3.05) is 0 Å². The maximum absolute atomic E-state index is 9.39. The molecular formula is C54H55Cl2SiZr. The van der Waals surface area contributed by atoms with Crippen molar-refractivity contribution in [3.8, 4) is 33.4 Å². The first-order valence-corrected chi connectivity index (χ1v) is 33.5. The predicted octanol–water partition coefficient (Wildman–Crippen LogP) is 13.6. The van der Waals surface area contributed by atoms with Crippen LogP contribution in [0.1, 0.15) is 104 Å². The Morgan fingerprint density at radius 2 is 0.948 bits per heavy atom. The summed E-state index contributed by atoms with van der Waals surface area (Å²) in [5, 5.41) is 2.99. The molecule has 0 saturated heterocycles. The molecule has 4 heteroatoms. The van der Waals surface area contributed by atoms with Crippen molar-refractivity contribution in [3.05, 3.63) is 171 Å². The molecule has 0 fully saturated rings. The number of benzene rings is 6. The molecule has 0 aromatic heterocycles. The van der Waals surface area contributed by atoms with Crippen LogP contribution in [0.2, 0.25) is 0 Å². The summed E-state index contributed by atoms with van der Waals surface area (Å²) in [5.41, 5.74) is 21.5. The topological polar surface area (TPSA) is 0 Å². The van der Waals surface area contributed by atoms with Crippen molar-refractivity contribution in [3.63, 3.8) is 0 Å². The first-order chi connectivity index (χ1) is 28.1. The van der Waals surface area contributed by atoms with Crippen LogP contribution in [0.5, 0.6) is 0 Å². The molecule has 3 aliphatic rings. The number of hydrogen-bond acceptors (Lipinski definition) is 0. The molecule has 0 N–H and O–H groups in total. The Bertz CT molecular complexity index is 2550. The van der Waals surface area contributed by atoms with Crippen LogP contribution in [-0.2, 0) is 16.4 Å². The van der Waals surface area contributed by atoms with Crippen LogP contribution in [0.3, 0.4) is 0 Å². The van der Waals surface area contributed by atoms with E-state index in [0.29, 0.717) is 0 Å². The van der Waals surface area contributed by atoms with E-state index in [0.717, 1.165) is 38.5 Å². The van der Waals surface area contributed by atoms with Gasteiger partial charge in [0.2, 0.25) is 0 Å². The van der Waals surface area contributed by atoms with Crippen molar-refractivity contribution in [2.45, 2.75) is 87.3 Å². The van der Waals surface area contributed by atoms with Gasteiger partial charge in [-0.1, -0.05) is 0 Å². The van der Waals surface area contributed by atoms with Gasteiger partial charge >= 0.3 is 360 Å². The third-order valence-electron chi connectivity index (χ3n) is 14.2. The SMILES string of the molecule is CCCCC1=Cc2c(-c3cccc(C)c3C)cccc2[CH]1[Zr]([Cl])([Cl])([c]1cccc2c1[SiH2]c1ccccc1-2)[CH]1C(CCCC)=Cc2c(-c3cccc(C)c3C)cccc21. The molecule has 293 valence electrons. The molecule has 2 unspecified atom stereocenters. The van der Waals surface area contributed by atoms with E-state index in [4.69, 9.17) is 0 Å². The molecule has 6 aromatic carbocycles. The number of aryl methyl sites for hydroxylation is 2. The van der Waals surface area contributed by atoms with Gasteiger partial charge in [0.15, 0.2) is 0 Å². The van der Waals surface area contributed by atoms with Crippen molar-refractivity contribution in [2.24, 2.45) is 0 Å². The molecule has 6 aromatic rings. The Balaban J connectivity index is 1.37. The van der Waals surface area contributed by atoms with E-state index < -0.39 is 25.9 Å². The Kier molecular flexibility index (Phi) is 10.7. The molecule has 0 nitrogen and oxygen atoms in total. The van der Waals surface area contributed by atoms with Crippen LogP contribution in [-0.4, -0.2) is 9.52 Å². The fourth-order valence-corrected chi connectivity index (χ4v) is 39.0. The Labute approximate surface area is 357 Å². The van der Waals surface area contributed by atoms with Gasteiger partial charge in [0, 0.05) is 0 Å². The van der Waals surface area contributed by atoms with Gasteiger partial charge in [0.1, 0.15) is 0 Å². The summed E-state index contributed by atoms with van der Waals surface area (Å²) in [6, 6.07) is 43.7. The van der Waals surface area contributed by atoms with Gasteiger partial charge in [0.25, 0.3) is 0 Å². The van der Waals surface area contributed by atoms with E-state index in [2.05, 4.69) is 169 Å². The van der Waals surface area contributed by atoms with E-state index in [1.165, 1.54) is 103 Å². The van der Waals surface area contributed by atoms with Crippen LogP contribution in [0.4, 0.5) is 0 Å². The van der Waals surface area contributed by atoms with Crippen molar-refractivity contribution in [1.82, 2.24) is 0 Å². The fraction of sp³-hybridized carbons (Fsp3) is 0.259. The molecule has 2 atom stereocenters. The van der Waals surface area contributed by atoms with Crippen LogP contribution in [0.25, 0.3) is 45.5 Å². The minimum atomic E-state index is -5.61. The number of rotatable bonds is 11. The zero-order valence-electron chi connectivity index (χ0n) is 35.0. The molecule has 58 heavy (non-hydrogen) atoms. The fourth-order valence-electron chi connectivity index (χ4n) is 11.0. The second-order valence-electron chi connectivity index (χ2n) is 17.4. The van der Waals surface area contributed by atoms with E-state index in [-0.39, 0.29) is 7.25 Å². The third-order valence-corrected chi connectivity index (χ3v) is 36.9.